The summed E-state index contributed by atoms with van der Waals surface area (Å²) in [5.74, 6) is 0.578. The summed E-state index contributed by atoms with van der Waals surface area (Å²) < 4.78 is 4.52. The van der Waals surface area contributed by atoms with Gasteiger partial charge in [-0.25, -0.2) is 9.78 Å². The van der Waals surface area contributed by atoms with Gasteiger partial charge in [-0.3, -0.25) is 4.79 Å². The average molecular weight is 253 g/mol. The van der Waals surface area contributed by atoms with Crippen molar-refractivity contribution in [2.45, 2.75) is 24.8 Å². The van der Waals surface area contributed by atoms with Crippen LogP contribution in [-0.2, 0) is 9.53 Å². The summed E-state index contributed by atoms with van der Waals surface area (Å²) in [6.45, 7) is -0.431. The number of rotatable bonds is 5. The predicted molar refractivity (Wildman–Crippen MR) is 63.3 cm³/mol. The Hall–Kier alpha value is -1.89. The van der Waals surface area contributed by atoms with Crippen LogP contribution in [0.3, 0.4) is 0 Å². The van der Waals surface area contributed by atoms with E-state index in [-0.39, 0.29) is 11.4 Å². The van der Waals surface area contributed by atoms with Gasteiger partial charge in [0.25, 0.3) is 5.56 Å². The third-order valence-electron chi connectivity index (χ3n) is 2.71. The van der Waals surface area contributed by atoms with Crippen LogP contribution in [0.5, 0.6) is 0 Å². The van der Waals surface area contributed by atoms with E-state index in [2.05, 4.69) is 20.0 Å². The van der Waals surface area contributed by atoms with Gasteiger partial charge in [-0.1, -0.05) is 0 Å². The molecule has 0 radical (unpaired) electrons. The van der Waals surface area contributed by atoms with E-state index in [0.717, 1.165) is 12.8 Å². The van der Waals surface area contributed by atoms with E-state index in [1.54, 1.807) is 0 Å². The maximum absolute atomic E-state index is 11.4. The van der Waals surface area contributed by atoms with Crippen molar-refractivity contribution < 1.29 is 14.6 Å². The number of H-pyrrole nitrogens is 1. The molecule has 0 amide bonds. The SMILES string of the molecule is COC(=O)C(CO)Nc1cc(=O)[nH]c(C2CC2)n1. The first-order valence-corrected chi connectivity index (χ1v) is 5.70. The molecule has 1 heterocycles. The molecule has 18 heavy (non-hydrogen) atoms. The quantitative estimate of drug-likeness (QED) is 0.616. The molecule has 1 aliphatic rings. The number of aromatic amines is 1. The maximum atomic E-state index is 11.4. The highest BCUT2D eigenvalue weighted by molar-refractivity contribution is 5.78. The Labute approximate surface area is 103 Å². The summed E-state index contributed by atoms with van der Waals surface area (Å²) in [7, 11) is 1.23. The van der Waals surface area contributed by atoms with Gasteiger partial charge in [0.2, 0.25) is 0 Å². The molecule has 1 aliphatic carbocycles. The zero-order valence-electron chi connectivity index (χ0n) is 9.97. The Morgan fingerprint density at radius 3 is 3.00 bits per heavy atom. The van der Waals surface area contributed by atoms with Crippen LogP contribution in [0.25, 0.3) is 0 Å². The largest absolute Gasteiger partial charge is 0.467 e. The first kappa shape index (κ1) is 12.6. The molecule has 2 rings (SSSR count). The monoisotopic (exact) mass is 253 g/mol. The second kappa shape index (κ2) is 5.18. The molecule has 0 aliphatic heterocycles. The lowest BCUT2D eigenvalue weighted by molar-refractivity contribution is -0.142. The second-order valence-electron chi connectivity index (χ2n) is 4.19. The number of hydrogen-bond acceptors (Lipinski definition) is 6. The summed E-state index contributed by atoms with van der Waals surface area (Å²) >= 11 is 0. The average Bonchev–Trinajstić information content (AvgIpc) is 3.18. The summed E-state index contributed by atoms with van der Waals surface area (Å²) in [5.41, 5.74) is -0.282. The molecule has 98 valence electrons. The maximum Gasteiger partial charge on any atom is 0.330 e. The first-order chi connectivity index (χ1) is 8.63. The van der Waals surface area contributed by atoms with E-state index in [9.17, 15) is 9.59 Å². The molecule has 7 heteroatoms. The molecular weight excluding hydrogens is 238 g/mol. The minimum atomic E-state index is -0.920. The molecule has 1 aromatic heterocycles. The van der Waals surface area contributed by atoms with E-state index in [1.807, 2.05) is 0 Å². The number of carbonyl (C=O) groups is 1. The summed E-state index contributed by atoms with van der Waals surface area (Å²) in [6.07, 6.45) is 2.01. The fourth-order valence-electron chi connectivity index (χ4n) is 1.60. The molecule has 1 atom stereocenters. The number of carbonyl (C=O) groups excluding carboxylic acids is 1. The molecule has 0 spiro atoms. The Bertz CT molecular complexity index is 495. The fourth-order valence-corrected chi connectivity index (χ4v) is 1.60. The number of anilines is 1. The van der Waals surface area contributed by atoms with Gasteiger partial charge in [-0.2, -0.15) is 0 Å². The third kappa shape index (κ3) is 2.86. The molecule has 3 N–H and O–H groups in total. The van der Waals surface area contributed by atoms with Crippen molar-refractivity contribution >= 4 is 11.8 Å². The van der Waals surface area contributed by atoms with E-state index >= 15 is 0 Å². The number of nitrogens with zero attached hydrogens (tertiary/aromatic N) is 1. The summed E-state index contributed by atoms with van der Waals surface area (Å²) in [6, 6.07) is 0.327. The zero-order chi connectivity index (χ0) is 13.1. The molecule has 0 saturated heterocycles. The van der Waals surface area contributed by atoms with Crippen molar-refractivity contribution in [1.82, 2.24) is 9.97 Å². The van der Waals surface area contributed by atoms with Crippen LogP contribution in [0, 0.1) is 0 Å². The van der Waals surface area contributed by atoms with Crippen molar-refractivity contribution in [2.75, 3.05) is 19.0 Å². The normalized spacial score (nSPS) is 16.1. The number of aromatic nitrogens is 2. The van der Waals surface area contributed by atoms with Gasteiger partial charge in [0.1, 0.15) is 17.7 Å². The number of esters is 1. The van der Waals surface area contributed by atoms with E-state index in [1.165, 1.54) is 13.2 Å². The Balaban J connectivity index is 2.17. The van der Waals surface area contributed by atoms with E-state index in [0.29, 0.717) is 11.7 Å². The van der Waals surface area contributed by atoms with E-state index in [4.69, 9.17) is 5.11 Å². The highest BCUT2D eigenvalue weighted by Crippen LogP contribution is 2.37. The summed E-state index contributed by atoms with van der Waals surface area (Å²) in [4.78, 5) is 29.6. The van der Waals surface area contributed by atoms with Crippen molar-refractivity contribution in [3.63, 3.8) is 0 Å². The second-order valence-corrected chi connectivity index (χ2v) is 4.19. The lowest BCUT2D eigenvalue weighted by atomic mass is 10.3. The lowest BCUT2D eigenvalue weighted by Gasteiger charge is -2.14. The number of nitrogens with one attached hydrogen (secondary N) is 2. The number of ether oxygens (including phenoxy) is 1. The standard InChI is InChI=1S/C11H15N3O4/c1-18-11(17)7(5-15)12-8-4-9(16)14-10(13-8)6-2-3-6/h4,6-7,15H,2-3,5H2,1H3,(H2,12,13,14,16). The van der Waals surface area contributed by atoms with Gasteiger partial charge in [0.15, 0.2) is 0 Å². The van der Waals surface area contributed by atoms with Gasteiger partial charge in [0.05, 0.1) is 13.7 Å². The van der Waals surface area contributed by atoms with Crippen molar-refractivity contribution in [3.05, 3.63) is 22.2 Å². The lowest BCUT2D eigenvalue weighted by Crippen LogP contribution is -2.35. The van der Waals surface area contributed by atoms with E-state index < -0.39 is 18.6 Å². The predicted octanol–water partition coefficient (Wildman–Crippen LogP) is -0.407. The van der Waals surface area contributed by atoms with Gasteiger partial charge in [-0.15, -0.1) is 0 Å². The number of methoxy groups -OCH3 is 1. The van der Waals surface area contributed by atoms with Crippen LogP contribution >= 0.6 is 0 Å². The molecule has 1 unspecified atom stereocenters. The Morgan fingerprint density at radius 2 is 2.44 bits per heavy atom. The van der Waals surface area contributed by atoms with Crippen LogP contribution in [0.2, 0.25) is 0 Å². The highest BCUT2D eigenvalue weighted by atomic mass is 16.5. The Kier molecular flexibility index (Phi) is 3.61. The Morgan fingerprint density at radius 1 is 1.72 bits per heavy atom. The molecular formula is C11H15N3O4. The van der Waals surface area contributed by atoms with Gasteiger partial charge >= 0.3 is 5.97 Å². The highest BCUT2D eigenvalue weighted by Gasteiger charge is 2.27. The third-order valence-corrected chi connectivity index (χ3v) is 2.71. The number of hydrogen-bond donors (Lipinski definition) is 3. The van der Waals surface area contributed by atoms with Gasteiger partial charge < -0.3 is 20.1 Å². The van der Waals surface area contributed by atoms with Gasteiger partial charge in [-0.05, 0) is 12.8 Å². The van der Waals surface area contributed by atoms with Gasteiger partial charge in [0, 0.05) is 12.0 Å². The van der Waals surface area contributed by atoms with Crippen LogP contribution in [0.1, 0.15) is 24.6 Å². The van der Waals surface area contributed by atoms with Crippen LogP contribution < -0.4 is 10.9 Å². The van der Waals surface area contributed by atoms with Crippen LogP contribution in [0.15, 0.2) is 10.9 Å². The van der Waals surface area contributed by atoms with Crippen LogP contribution in [-0.4, -0.2) is 40.8 Å². The molecule has 1 saturated carbocycles. The van der Waals surface area contributed by atoms with Crippen molar-refractivity contribution in [3.8, 4) is 0 Å². The number of aliphatic hydroxyl groups is 1. The molecule has 0 bridgehead atoms. The van der Waals surface area contributed by atoms with Crippen LogP contribution in [0.4, 0.5) is 5.82 Å². The molecule has 7 nitrogen and oxygen atoms in total. The van der Waals surface area contributed by atoms with Crippen molar-refractivity contribution in [1.29, 1.82) is 0 Å². The molecule has 0 aromatic carbocycles. The molecule has 1 fully saturated rings. The minimum absolute atomic E-state index is 0.269. The van der Waals surface area contributed by atoms with Crippen molar-refractivity contribution in [2.24, 2.45) is 0 Å². The topological polar surface area (TPSA) is 104 Å². The fraction of sp³-hybridized carbons (Fsp3) is 0.545. The first-order valence-electron chi connectivity index (χ1n) is 5.70. The minimum Gasteiger partial charge on any atom is -0.467 e. The number of aliphatic hydroxyl groups excluding tert-OH is 1. The smallest absolute Gasteiger partial charge is 0.330 e. The molecule has 1 aromatic rings. The zero-order valence-corrected chi connectivity index (χ0v) is 9.97. The summed E-state index contributed by atoms with van der Waals surface area (Å²) in [5, 5.41) is 11.8.